The normalized spacial score (nSPS) is 27.2. The number of carbonyl (C=O) groups excluding carboxylic acids is 3. The van der Waals surface area contributed by atoms with Gasteiger partial charge in [-0.2, -0.15) is 0 Å². The van der Waals surface area contributed by atoms with Crippen LogP contribution in [0.5, 0.6) is 11.5 Å². The fourth-order valence-electron chi connectivity index (χ4n) is 5.08. The number of phenolic OH excluding ortho intramolecular Hbond substituents is 2. The van der Waals surface area contributed by atoms with Crippen molar-refractivity contribution >= 4 is 28.1 Å². The second-order valence-corrected chi connectivity index (χ2v) is 8.53. The topological polar surface area (TPSA) is 135 Å². The number of nitrogens with zero attached hydrogens (tertiary/aromatic N) is 1. The lowest BCUT2D eigenvalue weighted by Crippen LogP contribution is -2.68. The van der Waals surface area contributed by atoms with Gasteiger partial charge < -0.3 is 20.4 Å². The number of ketones is 3. The fourth-order valence-corrected chi connectivity index (χ4v) is 5.08. The maximum Gasteiger partial charge on any atom is 0.209 e. The summed E-state index contributed by atoms with van der Waals surface area (Å²) in [5.74, 6) is -4.75. The number of aryl methyl sites for hydroxylation is 2. The maximum absolute atomic E-state index is 13.6. The van der Waals surface area contributed by atoms with Crippen LogP contribution in [-0.2, 0) is 16.0 Å². The van der Waals surface area contributed by atoms with E-state index in [1.54, 1.807) is 40.1 Å². The molecule has 2 aliphatic carbocycles. The number of aliphatic hydroxyl groups excluding tert-OH is 1. The van der Waals surface area contributed by atoms with Crippen LogP contribution in [0, 0.1) is 19.8 Å². The third-order valence-electron chi connectivity index (χ3n) is 6.74. The molecule has 1 fully saturated rings. The van der Waals surface area contributed by atoms with E-state index < -0.39 is 46.2 Å². The predicted octanol–water partition coefficient (Wildman–Crippen LogP) is 1.48. The summed E-state index contributed by atoms with van der Waals surface area (Å²) in [6, 6.07) is 2.37. The number of hydrogen-bond donors (Lipinski definition) is 4. The number of likely N-dealkylation sites (N-methyl/N-ethyl adjacent to an activating group) is 1. The van der Waals surface area contributed by atoms with Crippen LogP contribution in [0.25, 0.3) is 10.8 Å². The van der Waals surface area contributed by atoms with Gasteiger partial charge in [-0.15, -0.1) is 0 Å². The van der Waals surface area contributed by atoms with E-state index in [4.69, 9.17) is 0 Å². The SMILES string of the molecule is Cc1ccc2c(C)c3c(c(O)c2c1O)C(=O)C1(O)C(=O)C(=CO)C(=O)C(N(C)C)C1C3. The molecule has 2 aromatic carbocycles. The van der Waals surface area contributed by atoms with E-state index in [1.165, 1.54) is 4.90 Å². The van der Waals surface area contributed by atoms with Crippen LogP contribution >= 0.6 is 0 Å². The molecule has 0 amide bonds. The van der Waals surface area contributed by atoms with Crippen molar-refractivity contribution in [3.8, 4) is 11.5 Å². The lowest BCUT2D eigenvalue weighted by Gasteiger charge is -2.47. The molecule has 4 N–H and O–H groups in total. The van der Waals surface area contributed by atoms with Crippen molar-refractivity contribution in [2.24, 2.45) is 5.92 Å². The Balaban J connectivity index is 2.09. The second-order valence-electron chi connectivity index (χ2n) is 8.53. The molecule has 0 radical (unpaired) electrons. The van der Waals surface area contributed by atoms with Crippen LogP contribution in [0.4, 0.5) is 0 Å². The summed E-state index contributed by atoms with van der Waals surface area (Å²) in [6.45, 7) is 3.37. The fraction of sp³-hybridized carbons (Fsp3) is 0.348. The number of fused-ring (bicyclic) bond motifs is 3. The summed E-state index contributed by atoms with van der Waals surface area (Å²) in [5, 5.41) is 43.0. The molecule has 0 bridgehead atoms. The van der Waals surface area contributed by atoms with Crippen molar-refractivity contribution in [3.05, 3.63) is 46.2 Å². The Morgan fingerprint density at radius 2 is 1.71 bits per heavy atom. The number of aromatic hydroxyl groups is 2. The highest BCUT2D eigenvalue weighted by atomic mass is 16.3. The molecule has 3 atom stereocenters. The molecule has 1 saturated carbocycles. The van der Waals surface area contributed by atoms with Crippen LogP contribution in [0.3, 0.4) is 0 Å². The molecule has 3 unspecified atom stereocenters. The number of Topliss-reactive ketones (excluding diaryl/α,β-unsaturated/α-hetero) is 3. The number of rotatable bonds is 1. The van der Waals surface area contributed by atoms with Crippen molar-refractivity contribution in [1.29, 1.82) is 0 Å². The first-order valence-corrected chi connectivity index (χ1v) is 9.82. The first-order chi connectivity index (χ1) is 14.5. The minimum absolute atomic E-state index is 0.0272. The Kier molecular flexibility index (Phi) is 4.50. The summed E-state index contributed by atoms with van der Waals surface area (Å²) in [5.41, 5.74) is -2.04. The van der Waals surface area contributed by atoms with Gasteiger partial charge in [-0.25, -0.2) is 0 Å². The minimum Gasteiger partial charge on any atom is -0.515 e. The molecule has 0 saturated heterocycles. The molecule has 4 rings (SSSR count). The second kappa shape index (κ2) is 6.63. The third kappa shape index (κ3) is 2.46. The summed E-state index contributed by atoms with van der Waals surface area (Å²) in [6.07, 6.45) is 0.291. The van der Waals surface area contributed by atoms with Gasteiger partial charge in [0.15, 0.2) is 11.4 Å². The van der Waals surface area contributed by atoms with Gasteiger partial charge in [0, 0.05) is 5.92 Å². The molecule has 0 aromatic heterocycles. The highest BCUT2D eigenvalue weighted by Gasteiger charge is 2.64. The molecule has 162 valence electrons. The Morgan fingerprint density at radius 3 is 2.29 bits per heavy atom. The molecule has 2 aliphatic rings. The summed E-state index contributed by atoms with van der Waals surface area (Å²) in [4.78, 5) is 41.0. The molecule has 2 aromatic rings. The largest absolute Gasteiger partial charge is 0.515 e. The van der Waals surface area contributed by atoms with Gasteiger partial charge in [0.1, 0.15) is 17.1 Å². The van der Waals surface area contributed by atoms with Gasteiger partial charge in [0.25, 0.3) is 0 Å². The Morgan fingerprint density at radius 1 is 1.06 bits per heavy atom. The van der Waals surface area contributed by atoms with Gasteiger partial charge in [-0.1, -0.05) is 12.1 Å². The molecular weight excluding hydrogens is 402 g/mol. The van der Waals surface area contributed by atoms with E-state index in [0.29, 0.717) is 28.3 Å². The number of hydrogen-bond acceptors (Lipinski definition) is 8. The molecule has 0 heterocycles. The summed E-state index contributed by atoms with van der Waals surface area (Å²) < 4.78 is 0. The standard InChI is InChI=1S/C23H23NO7/c1-9-5-6-11-10(2)12-7-14-17(24(3)4)19(27)13(8-25)21(29)23(14,31)22(30)16(12)20(28)15(11)18(9)26/h5-6,8,14,17,25-26,28,31H,7H2,1-4H3. The minimum atomic E-state index is -2.64. The molecule has 31 heavy (non-hydrogen) atoms. The average molecular weight is 425 g/mol. The van der Waals surface area contributed by atoms with Crippen molar-refractivity contribution in [3.63, 3.8) is 0 Å². The van der Waals surface area contributed by atoms with E-state index >= 15 is 0 Å². The highest BCUT2D eigenvalue weighted by molar-refractivity contribution is 6.36. The first kappa shape index (κ1) is 21.0. The van der Waals surface area contributed by atoms with Crippen molar-refractivity contribution in [2.75, 3.05) is 14.1 Å². The number of carbonyl (C=O) groups is 3. The average Bonchev–Trinajstić information content (AvgIpc) is 2.70. The van der Waals surface area contributed by atoms with Crippen molar-refractivity contribution < 1.29 is 34.8 Å². The Labute approximate surface area is 178 Å². The smallest absolute Gasteiger partial charge is 0.209 e. The van der Waals surface area contributed by atoms with Gasteiger partial charge in [-0.05, 0) is 56.4 Å². The molecule has 0 aliphatic heterocycles. The van der Waals surface area contributed by atoms with Gasteiger partial charge in [-0.3, -0.25) is 19.3 Å². The number of phenols is 2. The Bertz CT molecular complexity index is 1230. The van der Waals surface area contributed by atoms with E-state index in [0.717, 1.165) is 0 Å². The number of benzene rings is 2. The van der Waals surface area contributed by atoms with Crippen LogP contribution in [-0.4, -0.2) is 68.4 Å². The van der Waals surface area contributed by atoms with Gasteiger partial charge in [0.2, 0.25) is 11.6 Å². The predicted molar refractivity (Wildman–Crippen MR) is 111 cm³/mol. The lowest BCUT2D eigenvalue weighted by atomic mass is 9.59. The zero-order valence-electron chi connectivity index (χ0n) is 17.6. The van der Waals surface area contributed by atoms with Crippen LogP contribution in [0.1, 0.15) is 27.0 Å². The molecule has 8 heteroatoms. The van der Waals surface area contributed by atoms with E-state index in [-0.39, 0.29) is 23.1 Å². The Hall–Kier alpha value is -3.23. The van der Waals surface area contributed by atoms with E-state index in [1.807, 2.05) is 0 Å². The van der Waals surface area contributed by atoms with Crippen LogP contribution in [0.2, 0.25) is 0 Å². The first-order valence-electron chi connectivity index (χ1n) is 9.82. The lowest BCUT2D eigenvalue weighted by molar-refractivity contribution is -0.147. The summed E-state index contributed by atoms with van der Waals surface area (Å²) >= 11 is 0. The molecular formula is C23H23NO7. The van der Waals surface area contributed by atoms with Gasteiger partial charge >= 0.3 is 0 Å². The van der Waals surface area contributed by atoms with Crippen molar-refractivity contribution in [2.45, 2.75) is 31.9 Å². The maximum atomic E-state index is 13.6. The van der Waals surface area contributed by atoms with E-state index in [9.17, 15) is 34.8 Å². The monoisotopic (exact) mass is 425 g/mol. The van der Waals surface area contributed by atoms with Gasteiger partial charge in [0.05, 0.1) is 23.3 Å². The van der Waals surface area contributed by atoms with Crippen molar-refractivity contribution in [1.82, 2.24) is 4.90 Å². The van der Waals surface area contributed by atoms with Crippen LogP contribution in [0.15, 0.2) is 24.0 Å². The number of aliphatic hydroxyl groups is 2. The summed E-state index contributed by atoms with van der Waals surface area (Å²) in [7, 11) is 3.17. The van der Waals surface area contributed by atoms with E-state index in [2.05, 4.69) is 0 Å². The molecule has 0 spiro atoms. The van der Waals surface area contributed by atoms with Crippen LogP contribution < -0.4 is 0 Å². The third-order valence-corrected chi connectivity index (χ3v) is 6.74. The quantitative estimate of drug-likeness (QED) is 0.234. The highest BCUT2D eigenvalue weighted by Crippen LogP contribution is 2.49. The zero-order valence-corrected chi connectivity index (χ0v) is 17.6. The molecule has 8 nitrogen and oxygen atoms in total. The zero-order chi connectivity index (χ0) is 23.0.